The van der Waals surface area contributed by atoms with Crippen LogP contribution in [0.5, 0.6) is 5.75 Å². The average molecular weight is 365 g/mol. The number of hydrogen-bond acceptors (Lipinski definition) is 2. The van der Waals surface area contributed by atoms with Crippen LogP contribution in [-0.2, 0) is 6.42 Å². The maximum absolute atomic E-state index is 10.7. The van der Waals surface area contributed by atoms with E-state index in [4.69, 9.17) is 0 Å². The third-order valence-electron chi connectivity index (χ3n) is 6.99. The number of halogens is 1. The first-order chi connectivity index (χ1) is 10.4. The Bertz CT molecular complexity index is 601. The minimum absolute atomic E-state index is 0.0675. The lowest BCUT2D eigenvalue weighted by molar-refractivity contribution is -0.0346. The number of phenols is 1. The Balaban J connectivity index is 1.76. The summed E-state index contributed by atoms with van der Waals surface area (Å²) in [5.41, 5.74) is 2.86. The van der Waals surface area contributed by atoms with Crippen LogP contribution >= 0.6 is 15.9 Å². The first kappa shape index (κ1) is 15.0. The smallest absolute Gasteiger partial charge is 0.115 e. The Morgan fingerprint density at radius 3 is 2.86 bits per heavy atom. The van der Waals surface area contributed by atoms with Crippen molar-refractivity contribution in [2.45, 2.75) is 56.4 Å². The van der Waals surface area contributed by atoms with E-state index in [2.05, 4.69) is 35.8 Å². The van der Waals surface area contributed by atoms with E-state index in [1.807, 2.05) is 12.1 Å². The van der Waals surface area contributed by atoms with Crippen LogP contribution < -0.4 is 0 Å². The van der Waals surface area contributed by atoms with Crippen molar-refractivity contribution in [3.05, 3.63) is 29.3 Å². The summed E-state index contributed by atoms with van der Waals surface area (Å²) in [6.45, 7) is 4.67. The van der Waals surface area contributed by atoms with Gasteiger partial charge in [0.2, 0.25) is 0 Å². The summed E-state index contributed by atoms with van der Waals surface area (Å²) >= 11 is 3.72. The lowest BCUT2D eigenvalue weighted by Gasteiger charge is -2.52. The van der Waals surface area contributed by atoms with Crippen molar-refractivity contribution in [2.75, 3.05) is 0 Å². The van der Waals surface area contributed by atoms with Crippen molar-refractivity contribution in [1.82, 2.24) is 0 Å². The number of aliphatic hydroxyl groups excluding tert-OH is 1. The molecule has 0 radical (unpaired) electrons. The standard InChI is InChI=1S/C19H25BrO2/c1-10-7-11-8-12(21)3-4-13(11)14-5-6-19(2)15(17(10)14)9-16(20)18(19)22/h3-4,8,10,14-18,21-22H,5-7,9H2,1-2H3/t10-,14-,15+,16+,17-,18+,19+/m1/s1. The fourth-order valence-electron chi connectivity index (χ4n) is 5.91. The van der Waals surface area contributed by atoms with Gasteiger partial charge >= 0.3 is 0 Å². The molecule has 22 heavy (non-hydrogen) atoms. The molecule has 7 atom stereocenters. The van der Waals surface area contributed by atoms with E-state index in [0.29, 0.717) is 29.4 Å². The number of phenolic OH excluding ortho intramolecular Hbond substituents is 1. The van der Waals surface area contributed by atoms with E-state index in [0.717, 1.165) is 25.7 Å². The molecule has 2 N–H and O–H groups in total. The molecule has 0 spiro atoms. The van der Waals surface area contributed by atoms with E-state index in [1.165, 1.54) is 11.1 Å². The van der Waals surface area contributed by atoms with Crippen LogP contribution in [0.4, 0.5) is 0 Å². The lowest BCUT2D eigenvalue weighted by Crippen LogP contribution is -2.47. The molecule has 3 aliphatic rings. The number of benzene rings is 1. The highest BCUT2D eigenvalue weighted by Crippen LogP contribution is 2.63. The molecule has 0 amide bonds. The molecule has 2 saturated carbocycles. The lowest BCUT2D eigenvalue weighted by atomic mass is 9.53. The largest absolute Gasteiger partial charge is 0.508 e. The van der Waals surface area contributed by atoms with Gasteiger partial charge in [-0.3, -0.25) is 0 Å². The summed E-state index contributed by atoms with van der Waals surface area (Å²) in [5, 5.41) is 20.5. The zero-order chi connectivity index (χ0) is 15.6. The highest BCUT2D eigenvalue weighted by atomic mass is 79.9. The SMILES string of the molecule is C[C@@H]1Cc2cc(O)ccc2[C@H]2CC[C@]3(C)[C@@H](O)[C@@H](Br)C[C@H]3[C@H]12. The molecule has 4 rings (SSSR count). The number of aromatic hydroxyl groups is 1. The highest BCUT2D eigenvalue weighted by molar-refractivity contribution is 9.09. The summed E-state index contributed by atoms with van der Waals surface area (Å²) in [6, 6.07) is 5.96. The monoisotopic (exact) mass is 364 g/mol. The first-order valence-corrected chi connectivity index (χ1v) is 9.47. The van der Waals surface area contributed by atoms with Gasteiger partial charge in [-0.1, -0.05) is 35.8 Å². The number of aliphatic hydroxyl groups is 1. The minimum atomic E-state index is -0.216. The van der Waals surface area contributed by atoms with Crippen LogP contribution in [0.1, 0.15) is 50.2 Å². The fraction of sp³-hybridized carbons (Fsp3) is 0.684. The van der Waals surface area contributed by atoms with Gasteiger partial charge in [-0.2, -0.15) is 0 Å². The molecule has 2 fully saturated rings. The van der Waals surface area contributed by atoms with Crippen LogP contribution in [0.25, 0.3) is 0 Å². The van der Waals surface area contributed by atoms with E-state index in [1.54, 1.807) is 0 Å². The van der Waals surface area contributed by atoms with Gasteiger partial charge in [-0.25, -0.2) is 0 Å². The van der Waals surface area contributed by atoms with Crippen LogP contribution in [0.2, 0.25) is 0 Å². The maximum atomic E-state index is 10.7. The summed E-state index contributed by atoms with van der Waals surface area (Å²) in [7, 11) is 0. The van der Waals surface area contributed by atoms with Gasteiger partial charge in [-0.05, 0) is 78.0 Å². The van der Waals surface area contributed by atoms with Gasteiger partial charge in [0.15, 0.2) is 0 Å². The summed E-state index contributed by atoms with van der Waals surface area (Å²) in [4.78, 5) is 0.245. The quantitative estimate of drug-likeness (QED) is 0.676. The van der Waals surface area contributed by atoms with Gasteiger partial charge in [-0.15, -0.1) is 0 Å². The van der Waals surface area contributed by atoms with Crippen molar-refractivity contribution in [3.63, 3.8) is 0 Å². The van der Waals surface area contributed by atoms with Crippen molar-refractivity contribution in [1.29, 1.82) is 0 Å². The third kappa shape index (κ3) is 1.94. The molecule has 1 aromatic rings. The van der Waals surface area contributed by atoms with E-state index in [-0.39, 0.29) is 16.3 Å². The van der Waals surface area contributed by atoms with E-state index >= 15 is 0 Å². The molecule has 1 aromatic carbocycles. The molecule has 0 heterocycles. The van der Waals surface area contributed by atoms with E-state index in [9.17, 15) is 10.2 Å². The third-order valence-corrected chi connectivity index (χ3v) is 7.87. The second-order valence-corrected chi connectivity index (χ2v) is 9.27. The van der Waals surface area contributed by atoms with Gasteiger partial charge in [0.05, 0.1) is 6.10 Å². The molecule has 0 bridgehead atoms. The van der Waals surface area contributed by atoms with Crippen molar-refractivity contribution in [2.24, 2.45) is 23.2 Å². The van der Waals surface area contributed by atoms with Crippen LogP contribution in [0, 0.1) is 23.2 Å². The summed E-state index contributed by atoms with van der Waals surface area (Å²) in [5.74, 6) is 2.87. The molecule has 3 aliphatic carbocycles. The second kappa shape index (κ2) is 4.98. The fourth-order valence-corrected chi connectivity index (χ4v) is 6.92. The number of fused-ring (bicyclic) bond motifs is 5. The zero-order valence-corrected chi connectivity index (χ0v) is 14.9. The molecule has 2 nitrogen and oxygen atoms in total. The summed E-state index contributed by atoms with van der Waals surface area (Å²) < 4.78 is 0. The second-order valence-electron chi connectivity index (χ2n) is 8.10. The Kier molecular flexibility index (Phi) is 3.40. The first-order valence-electron chi connectivity index (χ1n) is 8.55. The van der Waals surface area contributed by atoms with Gasteiger partial charge in [0, 0.05) is 4.83 Å². The normalized spacial score (nSPS) is 46.7. The molecule has 3 heteroatoms. The zero-order valence-electron chi connectivity index (χ0n) is 13.3. The van der Waals surface area contributed by atoms with Gasteiger partial charge < -0.3 is 10.2 Å². The van der Waals surface area contributed by atoms with E-state index < -0.39 is 0 Å². The Labute approximate surface area is 141 Å². The van der Waals surface area contributed by atoms with Crippen molar-refractivity contribution < 1.29 is 10.2 Å². The minimum Gasteiger partial charge on any atom is -0.508 e. The molecular weight excluding hydrogens is 340 g/mol. The van der Waals surface area contributed by atoms with Crippen LogP contribution in [-0.4, -0.2) is 21.1 Å². The predicted octanol–water partition coefficient (Wildman–Crippen LogP) is 4.23. The molecular formula is C19H25BrO2. The Morgan fingerprint density at radius 1 is 1.32 bits per heavy atom. The number of alkyl halides is 1. The predicted molar refractivity (Wildman–Crippen MR) is 91.4 cm³/mol. The van der Waals surface area contributed by atoms with Crippen molar-refractivity contribution >= 4 is 15.9 Å². The highest BCUT2D eigenvalue weighted by Gasteiger charge is 2.58. The molecule has 120 valence electrons. The molecule has 0 aliphatic heterocycles. The molecule has 0 saturated heterocycles. The maximum Gasteiger partial charge on any atom is 0.115 e. The Morgan fingerprint density at radius 2 is 2.09 bits per heavy atom. The molecule has 0 aromatic heterocycles. The van der Waals surface area contributed by atoms with Crippen LogP contribution in [0.3, 0.4) is 0 Å². The average Bonchev–Trinajstić information content (AvgIpc) is 2.70. The number of hydrogen-bond donors (Lipinski definition) is 2. The molecule has 0 unspecified atom stereocenters. The topological polar surface area (TPSA) is 40.5 Å². The number of rotatable bonds is 0. The van der Waals surface area contributed by atoms with Crippen molar-refractivity contribution in [3.8, 4) is 5.75 Å². The van der Waals surface area contributed by atoms with Gasteiger partial charge in [0.1, 0.15) is 5.75 Å². The van der Waals surface area contributed by atoms with Gasteiger partial charge in [0.25, 0.3) is 0 Å². The van der Waals surface area contributed by atoms with Crippen LogP contribution in [0.15, 0.2) is 18.2 Å². The summed E-state index contributed by atoms with van der Waals surface area (Å²) in [6.07, 6.45) is 4.20. The Hall–Kier alpha value is -0.540.